The molecule has 28 heavy (non-hydrogen) atoms. The lowest BCUT2D eigenvalue weighted by molar-refractivity contribution is -2.00. The second-order valence-electron chi connectivity index (χ2n) is 5.90. The van der Waals surface area contributed by atoms with Crippen LogP contribution in [0.2, 0.25) is 0 Å². The lowest BCUT2D eigenvalue weighted by Crippen LogP contribution is -2.68. The van der Waals surface area contributed by atoms with Crippen LogP contribution in [0.4, 0.5) is 5.69 Å². The van der Waals surface area contributed by atoms with E-state index in [1.165, 1.54) is 18.2 Å². The number of carbonyl (C=O) groups excluding carboxylic acids is 1. The summed E-state index contributed by atoms with van der Waals surface area (Å²) >= 11 is 0. The molecule has 2 rings (SSSR count). The quantitative estimate of drug-likeness (QED) is 0.466. The van der Waals surface area contributed by atoms with Gasteiger partial charge in [0.1, 0.15) is 0 Å². The molecule has 0 aliphatic carbocycles. The van der Waals surface area contributed by atoms with E-state index in [4.69, 9.17) is 23.8 Å². The van der Waals surface area contributed by atoms with Crippen LogP contribution in [0.1, 0.15) is 17.0 Å². The van der Waals surface area contributed by atoms with Crippen LogP contribution in [0.5, 0.6) is 0 Å². The van der Waals surface area contributed by atoms with Crippen LogP contribution in [-0.4, -0.2) is 14.3 Å². The SMILES string of the molecule is Cc1cc(C)[n+](CC(=O)Nc2cccc(S(N)(=O)=O)c2)c(C)c1.[O-][Cl+3]([O-])([O-])[O-]. The van der Waals surface area contributed by atoms with E-state index in [0.29, 0.717) is 5.69 Å². The first-order valence-corrected chi connectivity index (χ1v) is 10.5. The Labute approximate surface area is 164 Å². The number of primary sulfonamides is 1. The highest BCUT2D eigenvalue weighted by Crippen LogP contribution is 2.14. The summed E-state index contributed by atoms with van der Waals surface area (Å²) in [5.74, 6) is -0.239. The molecule has 0 aliphatic rings. The first-order valence-electron chi connectivity index (χ1n) is 7.69. The Morgan fingerprint density at radius 1 is 1.07 bits per heavy atom. The Bertz CT molecular complexity index is 930. The Morgan fingerprint density at radius 3 is 2.04 bits per heavy atom. The number of hydrogen-bond donors (Lipinski definition) is 2. The normalized spacial score (nSPS) is 11.4. The van der Waals surface area contributed by atoms with Crippen molar-refractivity contribution in [3.8, 4) is 0 Å². The highest BCUT2D eigenvalue weighted by atomic mass is 35.7. The standard InChI is InChI=1S/C16H19N3O3S.ClHO4/c1-11-7-12(2)19(13(3)8-11)10-16(20)18-14-5-4-6-15(9-14)23(17,21)22;2-1(3,4)5/h4-9H,10H2,1-3H3,(H2-,17,18,20,21,22);(H,2,3,4,5). The molecule has 0 fully saturated rings. The van der Waals surface area contributed by atoms with Crippen molar-refractivity contribution < 1.29 is 46.7 Å². The van der Waals surface area contributed by atoms with Crippen molar-refractivity contribution in [3.63, 3.8) is 0 Å². The number of sulfonamides is 1. The summed E-state index contributed by atoms with van der Waals surface area (Å²) in [6, 6.07) is 9.88. The maximum atomic E-state index is 12.2. The number of nitrogens with one attached hydrogen (secondary N) is 1. The number of amides is 1. The predicted molar refractivity (Wildman–Crippen MR) is 87.3 cm³/mol. The monoisotopic (exact) mass is 433 g/mol. The number of anilines is 1. The largest absolute Gasteiger partial charge is 0.321 e. The molecule has 0 unspecified atom stereocenters. The summed E-state index contributed by atoms with van der Waals surface area (Å²) < 4.78 is 58.6. The molecule has 0 saturated heterocycles. The lowest BCUT2D eigenvalue weighted by atomic mass is 10.2. The molecule has 10 nitrogen and oxygen atoms in total. The van der Waals surface area contributed by atoms with Gasteiger partial charge in [0.2, 0.25) is 16.6 Å². The third-order valence-electron chi connectivity index (χ3n) is 3.47. The maximum absolute atomic E-state index is 12.2. The van der Waals surface area contributed by atoms with Crippen LogP contribution in [0.25, 0.3) is 0 Å². The van der Waals surface area contributed by atoms with Gasteiger partial charge in [0.25, 0.3) is 5.91 Å². The molecule has 12 heteroatoms. The Kier molecular flexibility index (Phi) is 8.02. The third kappa shape index (κ3) is 8.71. The number of pyridine rings is 1. The summed E-state index contributed by atoms with van der Waals surface area (Å²) in [5.41, 5.74) is 3.49. The lowest BCUT2D eigenvalue weighted by Gasteiger charge is -2.17. The average molecular weight is 434 g/mol. The van der Waals surface area contributed by atoms with Gasteiger partial charge in [0.05, 0.1) is 4.90 Å². The molecule has 0 radical (unpaired) electrons. The van der Waals surface area contributed by atoms with E-state index >= 15 is 0 Å². The van der Waals surface area contributed by atoms with Gasteiger partial charge in [-0.3, -0.25) is 4.79 Å². The number of aromatic nitrogens is 1. The van der Waals surface area contributed by atoms with Gasteiger partial charge in [-0.05, 0) is 30.7 Å². The van der Waals surface area contributed by atoms with E-state index in [0.717, 1.165) is 17.0 Å². The molecule has 0 atom stereocenters. The summed E-state index contributed by atoms with van der Waals surface area (Å²) in [5, 5.41) is 7.78. The molecular weight excluding hydrogens is 414 g/mol. The average Bonchev–Trinajstić information content (AvgIpc) is 2.48. The predicted octanol–water partition coefficient (Wildman–Crippen LogP) is -3.57. The van der Waals surface area contributed by atoms with Gasteiger partial charge in [0, 0.05) is 31.7 Å². The first kappa shape index (κ1) is 23.9. The van der Waals surface area contributed by atoms with Crippen molar-refractivity contribution in [1.29, 1.82) is 0 Å². The number of aryl methyl sites for hydroxylation is 3. The third-order valence-corrected chi connectivity index (χ3v) is 4.38. The first-order chi connectivity index (χ1) is 12.7. The molecule has 154 valence electrons. The van der Waals surface area contributed by atoms with Crippen molar-refractivity contribution in [2.45, 2.75) is 32.2 Å². The van der Waals surface area contributed by atoms with Crippen LogP contribution in [-0.2, 0) is 21.4 Å². The minimum atomic E-state index is -4.94. The number of carbonyl (C=O) groups is 1. The Morgan fingerprint density at radius 2 is 1.57 bits per heavy atom. The molecule has 0 bridgehead atoms. The van der Waals surface area contributed by atoms with E-state index in [-0.39, 0.29) is 17.3 Å². The van der Waals surface area contributed by atoms with Crippen molar-refractivity contribution in [2.24, 2.45) is 5.14 Å². The zero-order valence-electron chi connectivity index (χ0n) is 15.3. The number of nitrogens with two attached hydrogens (primary N) is 1. The number of rotatable bonds is 4. The molecule has 0 aliphatic heterocycles. The zero-order chi connectivity index (χ0) is 21.7. The zero-order valence-corrected chi connectivity index (χ0v) is 16.9. The fraction of sp³-hybridized carbons (Fsp3) is 0.250. The van der Waals surface area contributed by atoms with Crippen LogP contribution < -0.4 is 33.7 Å². The Hall–Kier alpha value is -2.12. The van der Waals surface area contributed by atoms with Crippen LogP contribution in [0.3, 0.4) is 0 Å². The molecule has 0 spiro atoms. The fourth-order valence-electron chi connectivity index (χ4n) is 2.48. The molecule has 2 aromatic rings. The second-order valence-corrected chi connectivity index (χ2v) is 8.22. The molecule has 0 saturated carbocycles. The highest BCUT2D eigenvalue weighted by molar-refractivity contribution is 7.89. The summed E-state index contributed by atoms with van der Waals surface area (Å²) in [7, 11) is -8.74. The minimum Gasteiger partial charge on any atom is -0.321 e. The molecule has 1 aromatic carbocycles. The summed E-state index contributed by atoms with van der Waals surface area (Å²) in [4.78, 5) is 12.2. The second kappa shape index (κ2) is 9.39. The van der Waals surface area contributed by atoms with Gasteiger partial charge in [0.15, 0.2) is 11.4 Å². The highest BCUT2D eigenvalue weighted by Gasteiger charge is 2.17. The van der Waals surface area contributed by atoms with Crippen LogP contribution in [0.15, 0.2) is 41.3 Å². The van der Waals surface area contributed by atoms with E-state index in [1.54, 1.807) is 6.07 Å². The van der Waals surface area contributed by atoms with Gasteiger partial charge in [-0.25, -0.2) is 32.2 Å². The summed E-state index contributed by atoms with van der Waals surface area (Å²) in [6.07, 6.45) is 0. The van der Waals surface area contributed by atoms with Crippen molar-refractivity contribution >= 4 is 21.6 Å². The van der Waals surface area contributed by atoms with Crippen LogP contribution in [0, 0.1) is 31.0 Å². The smallest absolute Gasteiger partial charge is 0.290 e. The van der Waals surface area contributed by atoms with Crippen molar-refractivity contribution in [1.82, 2.24) is 0 Å². The molecule has 1 amide bonds. The number of halogens is 1. The number of benzene rings is 1. The number of nitrogens with zero attached hydrogens (tertiary/aromatic N) is 1. The number of hydrogen-bond acceptors (Lipinski definition) is 7. The van der Waals surface area contributed by atoms with Gasteiger partial charge in [-0.1, -0.05) is 6.07 Å². The van der Waals surface area contributed by atoms with Crippen LogP contribution >= 0.6 is 0 Å². The Balaban J connectivity index is 0.000000696. The molecule has 3 N–H and O–H groups in total. The van der Waals surface area contributed by atoms with E-state index in [2.05, 4.69) is 5.32 Å². The van der Waals surface area contributed by atoms with Gasteiger partial charge < -0.3 is 5.32 Å². The molecular formula is C16H20ClN3O7S. The molecule has 1 heterocycles. The van der Waals surface area contributed by atoms with Gasteiger partial charge in [-0.15, -0.1) is 10.2 Å². The van der Waals surface area contributed by atoms with E-state index in [9.17, 15) is 13.2 Å². The summed E-state index contributed by atoms with van der Waals surface area (Å²) in [6.45, 7) is 6.03. The topological polar surface area (TPSA) is 185 Å². The van der Waals surface area contributed by atoms with E-state index < -0.39 is 20.3 Å². The van der Waals surface area contributed by atoms with Gasteiger partial charge in [-0.2, -0.15) is 4.57 Å². The molecule has 1 aromatic heterocycles. The van der Waals surface area contributed by atoms with E-state index in [1.807, 2.05) is 37.5 Å². The van der Waals surface area contributed by atoms with Gasteiger partial charge >= 0.3 is 0 Å². The minimum absolute atomic E-state index is 0.0364. The van der Waals surface area contributed by atoms with Crippen molar-refractivity contribution in [3.05, 3.63) is 53.3 Å². The maximum Gasteiger partial charge on any atom is 0.290 e. The van der Waals surface area contributed by atoms with Crippen molar-refractivity contribution in [2.75, 3.05) is 5.32 Å². The fourth-order valence-corrected chi connectivity index (χ4v) is 3.04.